The van der Waals surface area contributed by atoms with Crippen molar-refractivity contribution in [2.45, 2.75) is 12.5 Å². The number of benzene rings is 1. The van der Waals surface area contributed by atoms with Gasteiger partial charge in [-0.25, -0.2) is 4.79 Å². The van der Waals surface area contributed by atoms with E-state index in [0.29, 0.717) is 11.3 Å². The van der Waals surface area contributed by atoms with E-state index in [0.717, 1.165) is 0 Å². The first-order chi connectivity index (χ1) is 11.5. The Bertz CT molecular complexity index is 711. The van der Waals surface area contributed by atoms with Crippen LogP contribution < -0.4 is 10.2 Å². The van der Waals surface area contributed by atoms with Gasteiger partial charge < -0.3 is 14.7 Å². The Labute approximate surface area is 141 Å². The number of methoxy groups -OCH3 is 1. The summed E-state index contributed by atoms with van der Waals surface area (Å²) >= 11 is 1.31. The highest BCUT2D eigenvalue weighted by Crippen LogP contribution is 2.13. The van der Waals surface area contributed by atoms with Crippen LogP contribution in [0.1, 0.15) is 27.1 Å². The van der Waals surface area contributed by atoms with Gasteiger partial charge >= 0.3 is 11.9 Å². The van der Waals surface area contributed by atoms with E-state index in [-0.39, 0.29) is 5.56 Å². The lowest BCUT2D eigenvalue weighted by Crippen LogP contribution is -2.39. The zero-order chi connectivity index (χ0) is 17.5. The molecule has 1 unspecified atom stereocenters. The van der Waals surface area contributed by atoms with Crippen LogP contribution >= 0.6 is 11.3 Å². The van der Waals surface area contributed by atoms with Gasteiger partial charge in [0.25, 0.3) is 0 Å². The van der Waals surface area contributed by atoms with E-state index >= 15 is 0 Å². The lowest BCUT2D eigenvalue weighted by Gasteiger charge is -2.14. The molecule has 2 rings (SSSR count). The van der Waals surface area contributed by atoms with Crippen LogP contribution in [0.15, 0.2) is 41.1 Å². The molecular formula is C16H15NO6S. The third-order valence-electron chi connectivity index (χ3n) is 3.12. The predicted octanol–water partition coefficient (Wildman–Crippen LogP) is 2.14. The van der Waals surface area contributed by atoms with Crippen molar-refractivity contribution in [2.75, 3.05) is 7.11 Å². The van der Waals surface area contributed by atoms with Crippen LogP contribution in [0, 0.1) is 0 Å². The van der Waals surface area contributed by atoms with E-state index in [4.69, 9.17) is 14.7 Å². The van der Waals surface area contributed by atoms with Crippen LogP contribution in [-0.4, -0.2) is 36.0 Å². The van der Waals surface area contributed by atoms with Crippen molar-refractivity contribution in [3.63, 3.8) is 0 Å². The molecule has 2 N–H and O–H groups in total. The molecule has 0 fully saturated rings. The SMILES string of the molecule is COc1ccc(C(=O)ONC(CC(=O)O)C(=O)c2ccsc2)cc1. The Balaban J connectivity index is 2.02. The number of carboxylic acid groups (broad SMARTS) is 1. The number of nitrogens with one attached hydrogen (secondary N) is 1. The fourth-order valence-corrected chi connectivity index (χ4v) is 2.52. The molecule has 0 saturated heterocycles. The lowest BCUT2D eigenvalue weighted by molar-refractivity contribution is -0.138. The van der Waals surface area contributed by atoms with E-state index in [9.17, 15) is 14.4 Å². The maximum absolute atomic E-state index is 12.2. The van der Waals surface area contributed by atoms with Gasteiger partial charge in [0.05, 0.1) is 19.1 Å². The molecule has 1 heterocycles. The van der Waals surface area contributed by atoms with E-state index in [2.05, 4.69) is 5.48 Å². The number of Topliss-reactive ketones (excluding diaryl/α,β-unsaturated/α-hetero) is 1. The van der Waals surface area contributed by atoms with Crippen molar-refractivity contribution in [2.24, 2.45) is 0 Å². The second kappa shape index (κ2) is 8.23. The molecule has 1 atom stereocenters. The first kappa shape index (κ1) is 17.6. The zero-order valence-corrected chi connectivity index (χ0v) is 13.5. The van der Waals surface area contributed by atoms with Crippen LogP contribution in [0.25, 0.3) is 0 Å². The minimum atomic E-state index is -1.18. The fraction of sp³-hybridized carbons (Fsp3) is 0.188. The molecule has 7 nitrogen and oxygen atoms in total. The summed E-state index contributed by atoms with van der Waals surface area (Å²) < 4.78 is 4.99. The summed E-state index contributed by atoms with van der Waals surface area (Å²) in [5, 5.41) is 12.2. The van der Waals surface area contributed by atoms with Crippen LogP contribution in [-0.2, 0) is 9.63 Å². The summed E-state index contributed by atoms with van der Waals surface area (Å²) in [6.45, 7) is 0. The number of thiophene rings is 1. The Morgan fingerprint density at radius 1 is 1.17 bits per heavy atom. The highest BCUT2D eigenvalue weighted by molar-refractivity contribution is 7.08. The average molecular weight is 349 g/mol. The third-order valence-corrected chi connectivity index (χ3v) is 3.80. The van der Waals surface area contributed by atoms with E-state index in [1.165, 1.54) is 30.6 Å². The number of hydroxylamine groups is 1. The Hall–Kier alpha value is -2.71. The van der Waals surface area contributed by atoms with Crippen molar-refractivity contribution >= 4 is 29.1 Å². The predicted molar refractivity (Wildman–Crippen MR) is 86.2 cm³/mol. The molecule has 0 saturated carbocycles. The number of carbonyl (C=O) groups excluding carboxylic acids is 2. The number of hydrogen-bond donors (Lipinski definition) is 2. The average Bonchev–Trinajstić information content (AvgIpc) is 3.12. The van der Waals surface area contributed by atoms with Crippen LogP contribution in [0.5, 0.6) is 5.75 Å². The largest absolute Gasteiger partial charge is 0.497 e. The summed E-state index contributed by atoms with van der Waals surface area (Å²) in [7, 11) is 1.50. The van der Waals surface area contributed by atoms with E-state index in [1.807, 2.05) is 0 Å². The standard InChI is InChI=1S/C16H15NO6S/c1-22-12-4-2-10(3-5-12)16(21)23-17-13(8-14(18)19)15(20)11-6-7-24-9-11/h2-7,9,13,17H,8H2,1H3,(H,18,19). The summed E-state index contributed by atoms with van der Waals surface area (Å²) in [6, 6.07) is 6.57. The molecule has 0 aliphatic carbocycles. The second-order valence-corrected chi connectivity index (χ2v) is 5.54. The molecule has 0 aliphatic rings. The number of ether oxygens (including phenoxy) is 1. The highest BCUT2D eigenvalue weighted by Gasteiger charge is 2.25. The lowest BCUT2D eigenvalue weighted by atomic mass is 10.1. The molecule has 0 bridgehead atoms. The van der Waals surface area contributed by atoms with Gasteiger partial charge in [0.15, 0.2) is 5.78 Å². The third kappa shape index (κ3) is 4.64. The zero-order valence-electron chi connectivity index (χ0n) is 12.7. The topological polar surface area (TPSA) is 102 Å². The smallest absolute Gasteiger partial charge is 0.356 e. The maximum Gasteiger partial charge on any atom is 0.356 e. The van der Waals surface area contributed by atoms with Gasteiger partial charge in [-0.15, -0.1) is 5.48 Å². The Morgan fingerprint density at radius 2 is 1.88 bits per heavy atom. The van der Waals surface area contributed by atoms with Crippen molar-refractivity contribution < 1.29 is 29.1 Å². The van der Waals surface area contributed by atoms with Gasteiger partial charge in [-0.2, -0.15) is 11.3 Å². The second-order valence-electron chi connectivity index (χ2n) is 4.76. The van der Waals surface area contributed by atoms with Crippen molar-refractivity contribution in [1.29, 1.82) is 0 Å². The maximum atomic E-state index is 12.2. The van der Waals surface area contributed by atoms with Crippen molar-refractivity contribution in [3.05, 3.63) is 52.2 Å². The molecule has 1 aromatic heterocycles. The molecule has 0 spiro atoms. The van der Waals surface area contributed by atoms with Gasteiger partial charge in [0.2, 0.25) is 0 Å². The molecular weight excluding hydrogens is 334 g/mol. The fourth-order valence-electron chi connectivity index (χ4n) is 1.88. The number of ketones is 1. The summed E-state index contributed by atoms with van der Waals surface area (Å²) in [4.78, 5) is 40.0. The molecule has 126 valence electrons. The first-order valence-electron chi connectivity index (χ1n) is 6.90. The minimum Gasteiger partial charge on any atom is -0.497 e. The Kier molecular flexibility index (Phi) is 6.05. The van der Waals surface area contributed by atoms with Crippen molar-refractivity contribution in [1.82, 2.24) is 5.48 Å². The number of hydrogen-bond acceptors (Lipinski definition) is 7. The molecule has 0 radical (unpaired) electrons. The summed E-state index contributed by atoms with van der Waals surface area (Å²) in [6.07, 6.45) is -0.509. The van der Waals surface area contributed by atoms with Crippen LogP contribution in [0.4, 0.5) is 0 Å². The molecule has 1 aromatic carbocycles. The van der Waals surface area contributed by atoms with E-state index in [1.54, 1.807) is 29.0 Å². The summed E-state index contributed by atoms with van der Waals surface area (Å²) in [5.74, 6) is -1.79. The molecule has 0 amide bonds. The quantitative estimate of drug-likeness (QED) is 0.556. The monoisotopic (exact) mass is 349 g/mol. The molecule has 0 aliphatic heterocycles. The van der Waals surface area contributed by atoms with E-state index < -0.39 is 30.2 Å². The number of carboxylic acids is 1. The first-order valence-corrected chi connectivity index (χ1v) is 7.84. The van der Waals surface area contributed by atoms with Gasteiger partial charge in [-0.05, 0) is 35.7 Å². The molecule has 8 heteroatoms. The highest BCUT2D eigenvalue weighted by atomic mass is 32.1. The summed E-state index contributed by atoms with van der Waals surface area (Å²) in [5.41, 5.74) is 2.86. The van der Waals surface area contributed by atoms with Crippen molar-refractivity contribution in [3.8, 4) is 5.75 Å². The molecule has 2 aromatic rings. The number of aliphatic carboxylic acids is 1. The van der Waals surface area contributed by atoms with Crippen LogP contribution in [0.2, 0.25) is 0 Å². The van der Waals surface area contributed by atoms with Gasteiger partial charge in [0.1, 0.15) is 11.8 Å². The number of carbonyl (C=O) groups is 3. The number of rotatable bonds is 8. The minimum absolute atomic E-state index is 0.236. The Morgan fingerprint density at radius 3 is 2.42 bits per heavy atom. The normalized spacial score (nSPS) is 11.5. The van der Waals surface area contributed by atoms with Gasteiger partial charge in [-0.3, -0.25) is 9.59 Å². The van der Waals surface area contributed by atoms with Gasteiger partial charge in [0, 0.05) is 10.9 Å². The molecule has 24 heavy (non-hydrogen) atoms. The van der Waals surface area contributed by atoms with Gasteiger partial charge in [-0.1, -0.05) is 0 Å². The van der Waals surface area contributed by atoms with Crippen LogP contribution in [0.3, 0.4) is 0 Å².